The number of aliphatic hydroxyl groups excluding tert-OH is 1. The standard InChI is InChI=1S/C20H18Cl2N2O6S/c1-11(25)19(24-31(28,29)12-6-7-15(21)16(22)8-12)20(27)30-10-18(26)14-9-23-17-5-3-2-4-13(14)17/h2-9,11,19,23-25H,10H2,1H3. The Morgan fingerprint density at radius 1 is 1.16 bits per heavy atom. The average Bonchev–Trinajstić information content (AvgIpc) is 3.16. The van der Waals surface area contributed by atoms with Gasteiger partial charge in [-0.3, -0.25) is 9.59 Å². The first-order chi connectivity index (χ1) is 14.6. The number of Topliss-reactive ketones (excluding diaryl/α,β-unsaturated/α-hetero) is 1. The lowest BCUT2D eigenvalue weighted by Crippen LogP contribution is -2.48. The molecule has 8 nitrogen and oxygen atoms in total. The van der Waals surface area contributed by atoms with E-state index in [-0.39, 0.29) is 14.9 Å². The van der Waals surface area contributed by atoms with Crippen molar-refractivity contribution in [2.24, 2.45) is 0 Å². The summed E-state index contributed by atoms with van der Waals surface area (Å²) in [7, 11) is -4.24. The molecule has 2 unspecified atom stereocenters. The summed E-state index contributed by atoms with van der Waals surface area (Å²) in [6.45, 7) is 0.586. The van der Waals surface area contributed by atoms with E-state index in [1.54, 1.807) is 24.3 Å². The number of nitrogens with one attached hydrogen (secondary N) is 2. The first-order valence-corrected chi connectivity index (χ1v) is 11.3. The molecule has 1 heterocycles. The summed E-state index contributed by atoms with van der Waals surface area (Å²) in [5.41, 5.74) is 1.07. The Balaban J connectivity index is 1.71. The van der Waals surface area contributed by atoms with Gasteiger partial charge in [-0.1, -0.05) is 41.4 Å². The number of benzene rings is 2. The number of halogens is 2. The molecule has 2 atom stereocenters. The molecule has 0 aliphatic rings. The number of ketones is 1. The summed E-state index contributed by atoms with van der Waals surface area (Å²) < 4.78 is 32.2. The van der Waals surface area contributed by atoms with Gasteiger partial charge in [0.2, 0.25) is 15.8 Å². The summed E-state index contributed by atoms with van der Waals surface area (Å²) in [5, 5.41) is 10.7. The molecule has 3 aromatic rings. The van der Waals surface area contributed by atoms with Crippen LogP contribution in [0, 0.1) is 0 Å². The molecular weight excluding hydrogens is 467 g/mol. The van der Waals surface area contributed by atoms with Crippen molar-refractivity contribution in [3.05, 3.63) is 64.3 Å². The Labute approximate surface area is 188 Å². The molecule has 0 saturated carbocycles. The first-order valence-electron chi connectivity index (χ1n) is 9.01. The minimum Gasteiger partial charge on any atom is -0.456 e. The van der Waals surface area contributed by atoms with E-state index in [1.807, 2.05) is 0 Å². The summed E-state index contributed by atoms with van der Waals surface area (Å²) in [5.74, 6) is -1.59. The molecule has 0 spiro atoms. The Morgan fingerprint density at radius 2 is 1.87 bits per heavy atom. The molecule has 0 bridgehead atoms. The quantitative estimate of drug-likeness (QED) is 0.333. The number of rotatable bonds is 8. The van der Waals surface area contributed by atoms with Gasteiger partial charge in [-0.2, -0.15) is 4.72 Å². The zero-order valence-electron chi connectivity index (χ0n) is 16.1. The smallest absolute Gasteiger partial charge is 0.327 e. The zero-order chi connectivity index (χ0) is 22.8. The van der Waals surface area contributed by atoms with Gasteiger partial charge in [0.05, 0.1) is 21.0 Å². The Kier molecular flexibility index (Phi) is 7.03. The molecule has 31 heavy (non-hydrogen) atoms. The van der Waals surface area contributed by atoms with Crippen molar-refractivity contribution < 1.29 is 27.9 Å². The monoisotopic (exact) mass is 484 g/mol. The number of ether oxygens (including phenoxy) is 1. The van der Waals surface area contributed by atoms with Crippen molar-refractivity contribution in [1.29, 1.82) is 0 Å². The lowest BCUT2D eigenvalue weighted by molar-refractivity contribution is -0.147. The number of carbonyl (C=O) groups is 2. The number of sulfonamides is 1. The average molecular weight is 485 g/mol. The molecule has 0 aliphatic heterocycles. The van der Waals surface area contributed by atoms with Crippen molar-refractivity contribution in [3.8, 4) is 0 Å². The van der Waals surface area contributed by atoms with Crippen LogP contribution in [0.15, 0.2) is 53.6 Å². The Hall–Kier alpha value is -2.43. The van der Waals surface area contributed by atoms with Gasteiger partial charge < -0.3 is 14.8 Å². The normalized spacial score (nSPS) is 13.7. The highest BCUT2D eigenvalue weighted by atomic mass is 35.5. The number of hydrogen-bond acceptors (Lipinski definition) is 6. The molecule has 0 aliphatic carbocycles. The number of aliphatic hydroxyl groups is 1. The van der Waals surface area contributed by atoms with Gasteiger partial charge in [-0.15, -0.1) is 0 Å². The van der Waals surface area contributed by atoms with Gasteiger partial charge in [0.15, 0.2) is 6.61 Å². The van der Waals surface area contributed by atoms with Crippen LogP contribution in [-0.4, -0.2) is 49.0 Å². The number of para-hydroxylation sites is 1. The maximum Gasteiger partial charge on any atom is 0.327 e. The number of aromatic amines is 1. The lowest BCUT2D eigenvalue weighted by atomic mass is 10.1. The van der Waals surface area contributed by atoms with Gasteiger partial charge >= 0.3 is 5.97 Å². The van der Waals surface area contributed by atoms with Gasteiger partial charge in [-0.05, 0) is 31.2 Å². The van der Waals surface area contributed by atoms with Crippen LogP contribution in [0.25, 0.3) is 10.9 Å². The third-order valence-corrected chi connectivity index (χ3v) is 6.63. The predicted octanol–water partition coefficient (Wildman–Crippen LogP) is 2.93. The molecule has 0 radical (unpaired) electrons. The second-order valence-electron chi connectivity index (χ2n) is 6.69. The SMILES string of the molecule is CC(O)C(NS(=O)(=O)c1ccc(Cl)c(Cl)c1)C(=O)OCC(=O)c1c[nH]c2ccccc12. The second kappa shape index (κ2) is 9.37. The van der Waals surface area contributed by atoms with Crippen molar-refractivity contribution in [2.75, 3.05) is 6.61 Å². The molecule has 2 aromatic carbocycles. The number of fused-ring (bicyclic) bond motifs is 1. The van der Waals surface area contributed by atoms with Crippen molar-refractivity contribution in [2.45, 2.75) is 24.0 Å². The predicted molar refractivity (Wildman–Crippen MR) is 116 cm³/mol. The highest BCUT2D eigenvalue weighted by molar-refractivity contribution is 7.89. The molecule has 164 valence electrons. The minimum atomic E-state index is -4.24. The van der Waals surface area contributed by atoms with E-state index in [4.69, 9.17) is 27.9 Å². The molecule has 0 saturated heterocycles. The second-order valence-corrected chi connectivity index (χ2v) is 9.22. The fourth-order valence-corrected chi connectivity index (χ4v) is 4.48. The summed E-state index contributed by atoms with van der Waals surface area (Å²) in [6, 6.07) is 9.05. The van der Waals surface area contributed by atoms with E-state index in [9.17, 15) is 23.1 Å². The van der Waals surface area contributed by atoms with Gasteiger partial charge in [-0.25, -0.2) is 8.42 Å². The summed E-state index contributed by atoms with van der Waals surface area (Å²) in [6.07, 6.45) is 0.0632. The number of H-pyrrole nitrogens is 1. The van der Waals surface area contributed by atoms with E-state index >= 15 is 0 Å². The number of carbonyl (C=O) groups excluding carboxylic acids is 2. The van der Waals surface area contributed by atoms with Crippen molar-refractivity contribution in [3.63, 3.8) is 0 Å². The maximum atomic E-state index is 12.6. The van der Waals surface area contributed by atoms with E-state index in [0.29, 0.717) is 10.9 Å². The zero-order valence-corrected chi connectivity index (χ0v) is 18.5. The third-order valence-electron chi connectivity index (χ3n) is 4.45. The van der Waals surface area contributed by atoms with Crippen LogP contribution < -0.4 is 4.72 Å². The topological polar surface area (TPSA) is 126 Å². The van der Waals surface area contributed by atoms with Crippen LogP contribution in [0.3, 0.4) is 0 Å². The van der Waals surface area contributed by atoms with Crippen LogP contribution in [0.5, 0.6) is 0 Å². The van der Waals surface area contributed by atoms with Gasteiger partial charge in [0.25, 0.3) is 0 Å². The molecule has 0 amide bonds. The number of esters is 1. The summed E-state index contributed by atoms with van der Waals surface area (Å²) >= 11 is 11.6. The fraction of sp³-hybridized carbons (Fsp3) is 0.200. The van der Waals surface area contributed by atoms with Crippen LogP contribution in [-0.2, 0) is 19.6 Å². The number of hydrogen-bond donors (Lipinski definition) is 3. The molecule has 3 rings (SSSR count). The van der Waals surface area contributed by atoms with Crippen LogP contribution in [0.1, 0.15) is 17.3 Å². The van der Waals surface area contributed by atoms with E-state index < -0.39 is 40.5 Å². The summed E-state index contributed by atoms with van der Waals surface area (Å²) in [4.78, 5) is 27.6. The van der Waals surface area contributed by atoms with Crippen LogP contribution in [0.4, 0.5) is 0 Å². The fourth-order valence-electron chi connectivity index (χ4n) is 2.83. The largest absolute Gasteiger partial charge is 0.456 e. The van der Waals surface area contributed by atoms with Crippen LogP contribution in [0.2, 0.25) is 10.0 Å². The molecule has 11 heteroatoms. The van der Waals surface area contributed by atoms with Gasteiger partial charge in [0, 0.05) is 22.7 Å². The molecular formula is C20H18Cl2N2O6S. The third kappa shape index (κ3) is 5.25. The maximum absolute atomic E-state index is 12.6. The van der Waals surface area contributed by atoms with E-state index in [0.717, 1.165) is 11.6 Å². The van der Waals surface area contributed by atoms with Gasteiger partial charge in [0.1, 0.15) is 6.04 Å². The molecule has 0 fully saturated rings. The van der Waals surface area contributed by atoms with E-state index in [2.05, 4.69) is 9.71 Å². The lowest BCUT2D eigenvalue weighted by Gasteiger charge is -2.20. The number of aromatic nitrogens is 1. The van der Waals surface area contributed by atoms with Crippen LogP contribution >= 0.6 is 23.2 Å². The Bertz CT molecular complexity index is 1240. The molecule has 1 aromatic heterocycles. The van der Waals surface area contributed by atoms with Crippen molar-refractivity contribution >= 4 is 55.9 Å². The highest BCUT2D eigenvalue weighted by Crippen LogP contribution is 2.25. The Morgan fingerprint density at radius 3 is 2.55 bits per heavy atom. The first kappa shape index (κ1) is 23.2. The minimum absolute atomic E-state index is 0.00467. The highest BCUT2D eigenvalue weighted by Gasteiger charge is 2.31. The van der Waals surface area contributed by atoms with Crippen molar-refractivity contribution in [1.82, 2.24) is 9.71 Å². The molecule has 3 N–H and O–H groups in total. The van der Waals surface area contributed by atoms with E-state index in [1.165, 1.54) is 25.3 Å².